The Balaban J connectivity index is 2.17. The highest BCUT2D eigenvalue weighted by Gasteiger charge is 2.25. The molecule has 4 nitrogen and oxygen atoms in total. The van der Waals surface area contributed by atoms with Gasteiger partial charge in [0, 0.05) is 52.4 Å². The lowest BCUT2D eigenvalue weighted by Gasteiger charge is -2.42. The summed E-state index contributed by atoms with van der Waals surface area (Å²) in [7, 11) is 3.86. The summed E-state index contributed by atoms with van der Waals surface area (Å²) >= 11 is 0. The number of piperazine rings is 1. The van der Waals surface area contributed by atoms with Gasteiger partial charge >= 0.3 is 0 Å². The standard InChI is InChI=1S/C12H27N3O/c1-12(2,3)15-8-6-14(7-9-15)10-11-16-13(4)5/h6-11H2,1-5H3. The minimum absolute atomic E-state index is 0.312. The monoisotopic (exact) mass is 229 g/mol. The van der Waals surface area contributed by atoms with Crippen molar-refractivity contribution in [1.82, 2.24) is 14.9 Å². The molecule has 0 aromatic rings. The molecular formula is C12H27N3O. The van der Waals surface area contributed by atoms with Gasteiger partial charge in [0.2, 0.25) is 0 Å². The third-order valence-electron chi connectivity index (χ3n) is 3.08. The molecule has 1 rings (SSSR count). The SMILES string of the molecule is CN(C)OCCN1CCN(C(C)(C)C)CC1. The predicted molar refractivity (Wildman–Crippen MR) is 67.4 cm³/mol. The molecule has 1 heterocycles. The summed E-state index contributed by atoms with van der Waals surface area (Å²) in [6, 6.07) is 0. The van der Waals surface area contributed by atoms with E-state index < -0.39 is 0 Å². The van der Waals surface area contributed by atoms with Gasteiger partial charge in [-0.3, -0.25) is 14.6 Å². The summed E-state index contributed by atoms with van der Waals surface area (Å²) in [5, 5.41) is 1.77. The number of rotatable bonds is 4. The lowest BCUT2D eigenvalue weighted by molar-refractivity contribution is -0.125. The summed E-state index contributed by atoms with van der Waals surface area (Å²) in [5.41, 5.74) is 0.312. The van der Waals surface area contributed by atoms with Crippen molar-refractivity contribution < 1.29 is 4.84 Å². The van der Waals surface area contributed by atoms with Crippen molar-refractivity contribution in [2.75, 3.05) is 53.4 Å². The molecule has 0 bridgehead atoms. The van der Waals surface area contributed by atoms with E-state index in [9.17, 15) is 0 Å². The van der Waals surface area contributed by atoms with E-state index in [2.05, 4.69) is 30.6 Å². The first-order valence-corrected chi connectivity index (χ1v) is 6.17. The molecule has 0 N–H and O–H groups in total. The maximum atomic E-state index is 5.42. The van der Waals surface area contributed by atoms with Gasteiger partial charge in [-0.2, -0.15) is 5.06 Å². The first-order chi connectivity index (χ1) is 7.39. The lowest BCUT2D eigenvalue weighted by atomic mass is 10.1. The van der Waals surface area contributed by atoms with Crippen LogP contribution in [0.5, 0.6) is 0 Å². The van der Waals surface area contributed by atoms with E-state index in [1.807, 2.05) is 14.1 Å². The molecule has 1 aliphatic rings. The second-order valence-corrected chi connectivity index (χ2v) is 5.65. The minimum atomic E-state index is 0.312. The van der Waals surface area contributed by atoms with Gasteiger partial charge in [-0.25, -0.2) is 0 Å². The fraction of sp³-hybridized carbons (Fsp3) is 1.00. The predicted octanol–water partition coefficient (Wildman–Crippen LogP) is 0.896. The topological polar surface area (TPSA) is 19.0 Å². The van der Waals surface area contributed by atoms with E-state index in [1.54, 1.807) is 5.06 Å². The molecule has 0 aromatic carbocycles. The fourth-order valence-corrected chi connectivity index (χ4v) is 1.99. The Bertz CT molecular complexity index is 193. The van der Waals surface area contributed by atoms with Crippen molar-refractivity contribution in [3.63, 3.8) is 0 Å². The fourth-order valence-electron chi connectivity index (χ4n) is 1.99. The van der Waals surface area contributed by atoms with Crippen molar-refractivity contribution in [2.24, 2.45) is 0 Å². The van der Waals surface area contributed by atoms with Crippen molar-refractivity contribution in [3.05, 3.63) is 0 Å². The van der Waals surface area contributed by atoms with E-state index in [-0.39, 0.29) is 0 Å². The van der Waals surface area contributed by atoms with E-state index >= 15 is 0 Å². The molecule has 0 atom stereocenters. The van der Waals surface area contributed by atoms with Gasteiger partial charge in [-0.05, 0) is 20.8 Å². The molecule has 1 fully saturated rings. The maximum Gasteiger partial charge on any atom is 0.0811 e. The molecule has 1 saturated heterocycles. The van der Waals surface area contributed by atoms with Crippen LogP contribution < -0.4 is 0 Å². The molecule has 4 heteroatoms. The van der Waals surface area contributed by atoms with Crippen LogP contribution >= 0.6 is 0 Å². The summed E-state index contributed by atoms with van der Waals surface area (Å²) in [4.78, 5) is 10.4. The smallest absolute Gasteiger partial charge is 0.0811 e. The first-order valence-electron chi connectivity index (χ1n) is 6.17. The molecule has 0 radical (unpaired) electrons. The largest absolute Gasteiger partial charge is 0.298 e. The van der Waals surface area contributed by atoms with Crippen LogP contribution in [0.3, 0.4) is 0 Å². The second-order valence-electron chi connectivity index (χ2n) is 5.65. The summed E-state index contributed by atoms with van der Waals surface area (Å²) in [6.45, 7) is 13.4. The molecule has 0 saturated carbocycles. The Morgan fingerprint density at radius 3 is 2.06 bits per heavy atom. The van der Waals surface area contributed by atoms with Crippen LogP contribution in [0.1, 0.15) is 20.8 Å². The average Bonchev–Trinajstić information content (AvgIpc) is 2.16. The van der Waals surface area contributed by atoms with Crippen LogP contribution in [0.25, 0.3) is 0 Å². The molecule has 0 amide bonds. The van der Waals surface area contributed by atoms with E-state index in [0.29, 0.717) is 5.54 Å². The van der Waals surface area contributed by atoms with Gasteiger partial charge in [-0.15, -0.1) is 0 Å². The molecular weight excluding hydrogens is 202 g/mol. The molecule has 0 unspecified atom stereocenters. The zero-order valence-electron chi connectivity index (χ0n) is 11.5. The van der Waals surface area contributed by atoms with Crippen LogP contribution in [-0.2, 0) is 4.84 Å². The van der Waals surface area contributed by atoms with Crippen LogP contribution in [0.15, 0.2) is 0 Å². The highest BCUT2D eigenvalue weighted by atomic mass is 16.7. The van der Waals surface area contributed by atoms with E-state index in [4.69, 9.17) is 4.84 Å². The maximum absolute atomic E-state index is 5.42. The highest BCUT2D eigenvalue weighted by molar-refractivity contribution is 4.81. The van der Waals surface area contributed by atoms with Crippen LogP contribution in [0.2, 0.25) is 0 Å². The summed E-state index contributed by atoms with van der Waals surface area (Å²) in [5.74, 6) is 0. The quantitative estimate of drug-likeness (QED) is 0.667. The minimum Gasteiger partial charge on any atom is -0.298 e. The van der Waals surface area contributed by atoms with Crippen LogP contribution in [0.4, 0.5) is 0 Å². The second kappa shape index (κ2) is 5.96. The van der Waals surface area contributed by atoms with Crippen LogP contribution in [0, 0.1) is 0 Å². The first kappa shape index (κ1) is 13.9. The van der Waals surface area contributed by atoms with Crippen molar-refractivity contribution in [1.29, 1.82) is 0 Å². The molecule has 1 aliphatic heterocycles. The third-order valence-corrected chi connectivity index (χ3v) is 3.08. The van der Waals surface area contributed by atoms with Gasteiger partial charge in [0.1, 0.15) is 0 Å². The van der Waals surface area contributed by atoms with Gasteiger partial charge in [0.15, 0.2) is 0 Å². The molecule has 0 spiro atoms. The van der Waals surface area contributed by atoms with E-state index in [1.165, 1.54) is 13.1 Å². The Morgan fingerprint density at radius 2 is 1.62 bits per heavy atom. The Kier molecular flexibility index (Phi) is 5.18. The van der Waals surface area contributed by atoms with Gasteiger partial charge in [0.05, 0.1) is 6.61 Å². The normalized spacial score (nSPS) is 20.6. The number of hydroxylamine groups is 2. The number of hydrogen-bond donors (Lipinski definition) is 0. The van der Waals surface area contributed by atoms with Crippen molar-refractivity contribution in [2.45, 2.75) is 26.3 Å². The van der Waals surface area contributed by atoms with Gasteiger partial charge in [-0.1, -0.05) is 0 Å². The van der Waals surface area contributed by atoms with Crippen molar-refractivity contribution in [3.8, 4) is 0 Å². The molecule has 0 aromatic heterocycles. The zero-order valence-corrected chi connectivity index (χ0v) is 11.5. The highest BCUT2D eigenvalue weighted by Crippen LogP contribution is 2.15. The van der Waals surface area contributed by atoms with Gasteiger partial charge in [0.25, 0.3) is 0 Å². The van der Waals surface area contributed by atoms with Gasteiger partial charge < -0.3 is 0 Å². The van der Waals surface area contributed by atoms with Crippen molar-refractivity contribution >= 4 is 0 Å². The van der Waals surface area contributed by atoms with E-state index in [0.717, 1.165) is 26.2 Å². The summed E-state index contributed by atoms with van der Waals surface area (Å²) in [6.07, 6.45) is 0. The Hall–Kier alpha value is -0.160. The number of hydrogen-bond acceptors (Lipinski definition) is 4. The molecule has 0 aliphatic carbocycles. The third kappa shape index (κ3) is 4.78. The molecule has 16 heavy (non-hydrogen) atoms. The zero-order chi connectivity index (χ0) is 12.2. The van der Waals surface area contributed by atoms with Crippen LogP contribution in [-0.4, -0.2) is 73.8 Å². The lowest BCUT2D eigenvalue weighted by Crippen LogP contribution is -2.53. The summed E-state index contributed by atoms with van der Waals surface area (Å²) < 4.78 is 0. The molecule has 96 valence electrons. The Morgan fingerprint density at radius 1 is 1.06 bits per heavy atom. The average molecular weight is 229 g/mol. The number of nitrogens with zero attached hydrogens (tertiary/aromatic N) is 3. The Labute approximate surface area is 100 Å².